The van der Waals surface area contributed by atoms with Crippen LogP contribution in [0.4, 0.5) is 0 Å². The van der Waals surface area contributed by atoms with Crippen LogP contribution in [-0.2, 0) is 0 Å². The molecule has 0 radical (unpaired) electrons. The number of aliphatic hydroxyl groups excluding tert-OH is 1. The Bertz CT molecular complexity index is 64.6. The van der Waals surface area contributed by atoms with Crippen LogP contribution >= 0.6 is 0 Å². The topological polar surface area (TPSA) is 20.2 Å². The molecule has 0 heterocycles. The Morgan fingerprint density at radius 2 is 2.29 bits per heavy atom. The van der Waals surface area contributed by atoms with Gasteiger partial charge in [-0.2, -0.15) is 0 Å². The zero-order valence-corrected chi connectivity index (χ0v) is 4.94. The van der Waals surface area contributed by atoms with Gasteiger partial charge in [0, 0.05) is 0 Å². The van der Waals surface area contributed by atoms with Gasteiger partial charge in [-0.1, -0.05) is 18.6 Å². The van der Waals surface area contributed by atoms with E-state index >= 15 is 0 Å². The summed E-state index contributed by atoms with van der Waals surface area (Å²) < 4.78 is 0. The average molecular weight is 100 g/mol. The molecule has 0 fully saturated rings. The van der Waals surface area contributed by atoms with Crippen LogP contribution in [0.25, 0.3) is 0 Å². The van der Waals surface area contributed by atoms with Crippen molar-refractivity contribution >= 4 is 0 Å². The van der Waals surface area contributed by atoms with Gasteiger partial charge < -0.3 is 5.11 Å². The summed E-state index contributed by atoms with van der Waals surface area (Å²) in [6.45, 7) is 4.18. The molecule has 0 aliphatic carbocycles. The zero-order chi connectivity index (χ0) is 5.70. The molecule has 0 saturated heterocycles. The highest BCUT2D eigenvalue weighted by Crippen LogP contribution is 1.90. The molecule has 0 saturated carbocycles. The van der Waals surface area contributed by atoms with E-state index in [0.717, 1.165) is 12.0 Å². The van der Waals surface area contributed by atoms with Gasteiger partial charge in [-0.15, -0.1) is 0 Å². The molecular weight excluding hydrogens is 88.1 g/mol. The van der Waals surface area contributed by atoms with Crippen molar-refractivity contribution < 1.29 is 5.11 Å². The molecule has 0 aliphatic heterocycles. The molecule has 0 amide bonds. The molecule has 0 aromatic rings. The number of allylic oxidation sites excluding steroid dienone is 1. The van der Waals surface area contributed by atoms with Gasteiger partial charge in [0.25, 0.3) is 0 Å². The maximum Gasteiger partial charge on any atom is 0.0639 e. The highest BCUT2D eigenvalue weighted by molar-refractivity contribution is 4.96. The lowest BCUT2D eigenvalue weighted by Gasteiger charge is -1.88. The molecule has 0 spiro atoms. The third kappa shape index (κ3) is 3.53. The molecule has 0 atom stereocenters. The SMILES string of the molecule is CC/C=C(\C)CO. The minimum atomic E-state index is 0.202. The summed E-state index contributed by atoms with van der Waals surface area (Å²) in [6.07, 6.45) is 3.03. The average Bonchev–Trinajstić information content (AvgIpc) is 1.68. The van der Waals surface area contributed by atoms with Crippen LogP contribution in [-0.4, -0.2) is 11.7 Å². The highest BCUT2D eigenvalue weighted by atomic mass is 16.3. The van der Waals surface area contributed by atoms with Gasteiger partial charge >= 0.3 is 0 Å². The second-order valence-electron chi connectivity index (χ2n) is 1.62. The summed E-state index contributed by atoms with van der Waals surface area (Å²) in [5, 5.41) is 8.40. The third-order valence-corrected chi connectivity index (χ3v) is 0.802. The molecule has 1 N–H and O–H groups in total. The van der Waals surface area contributed by atoms with Gasteiger partial charge in [0.05, 0.1) is 6.61 Å². The lowest BCUT2D eigenvalue weighted by atomic mass is 10.3. The lowest BCUT2D eigenvalue weighted by Crippen LogP contribution is -1.81. The molecule has 0 unspecified atom stereocenters. The van der Waals surface area contributed by atoms with Crippen LogP contribution in [0.2, 0.25) is 0 Å². The molecule has 0 bridgehead atoms. The maximum atomic E-state index is 8.40. The van der Waals surface area contributed by atoms with Crippen molar-refractivity contribution in [1.82, 2.24) is 0 Å². The highest BCUT2D eigenvalue weighted by Gasteiger charge is 1.77. The van der Waals surface area contributed by atoms with Gasteiger partial charge in [-0.3, -0.25) is 0 Å². The molecule has 7 heavy (non-hydrogen) atoms. The van der Waals surface area contributed by atoms with Crippen LogP contribution in [0.5, 0.6) is 0 Å². The summed E-state index contributed by atoms with van der Waals surface area (Å²) in [5.74, 6) is 0. The monoisotopic (exact) mass is 100 g/mol. The predicted molar refractivity (Wildman–Crippen MR) is 31.1 cm³/mol. The second kappa shape index (κ2) is 3.88. The molecule has 42 valence electrons. The van der Waals surface area contributed by atoms with Crippen molar-refractivity contribution in [3.63, 3.8) is 0 Å². The quantitative estimate of drug-likeness (QED) is 0.519. The van der Waals surface area contributed by atoms with Gasteiger partial charge in [0.1, 0.15) is 0 Å². The number of hydrogen-bond donors (Lipinski definition) is 1. The number of hydrogen-bond acceptors (Lipinski definition) is 1. The summed E-state index contributed by atoms with van der Waals surface area (Å²) in [4.78, 5) is 0. The van der Waals surface area contributed by atoms with Crippen molar-refractivity contribution in [3.05, 3.63) is 11.6 Å². The molecule has 1 nitrogen and oxygen atoms in total. The van der Waals surface area contributed by atoms with Gasteiger partial charge in [0.2, 0.25) is 0 Å². The van der Waals surface area contributed by atoms with Crippen molar-refractivity contribution in [2.45, 2.75) is 20.3 Å². The largest absolute Gasteiger partial charge is 0.392 e. The second-order valence-corrected chi connectivity index (χ2v) is 1.62. The Labute approximate surface area is 44.7 Å². The fourth-order valence-corrected chi connectivity index (χ4v) is 0.413. The lowest BCUT2D eigenvalue weighted by molar-refractivity contribution is 0.331. The normalized spacial score (nSPS) is 12.1. The van der Waals surface area contributed by atoms with Crippen molar-refractivity contribution in [2.24, 2.45) is 0 Å². The van der Waals surface area contributed by atoms with E-state index in [1.165, 1.54) is 0 Å². The zero-order valence-electron chi connectivity index (χ0n) is 4.94. The third-order valence-electron chi connectivity index (χ3n) is 0.802. The van der Waals surface area contributed by atoms with E-state index < -0.39 is 0 Å². The minimum Gasteiger partial charge on any atom is -0.392 e. The Hall–Kier alpha value is -0.300. The Morgan fingerprint density at radius 3 is 2.43 bits per heavy atom. The first kappa shape index (κ1) is 6.70. The Kier molecular flexibility index (Phi) is 3.71. The first-order chi connectivity index (χ1) is 3.31. The number of aliphatic hydroxyl groups is 1. The first-order valence-corrected chi connectivity index (χ1v) is 2.57. The summed E-state index contributed by atoms with van der Waals surface area (Å²) in [6, 6.07) is 0. The van der Waals surface area contributed by atoms with Crippen LogP contribution in [0.15, 0.2) is 11.6 Å². The summed E-state index contributed by atoms with van der Waals surface area (Å²) >= 11 is 0. The van der Waals surface area contributed by atoms with E-state index in [1.807, 2.05) is 13.0 Å². The fourth-order valence-electron chi connectivity index (χ4n) is 0.413. The van der Waals surface area contributed by atoms with Crippen molar-refractivity contribution in [3.8, 4) is 0 Å². The van der Waals surface area contributed by atoms with Gasteiger partial charge in [-0.25, -0.2) is 0 Å². The van der Waals surface area contributed by atoms with Crippen LogP contribution in [0, 0.1) is 0 Å². The van der Waals surface area contributed by atoms with E-state index in [1.54, 1.807) is 0 Å². The van der Waals surface area contributed by atoms with Crippen LogP contribution in [0.1, 0.15) is 20.3 Å². The first-order valence-electron chi connectivity index (χ1n) is 2.57. The van der Waals surface area contributed by atoms with Crippen LogP contribution in [0.3, 0.4) is 0 Å². The Balaban J connectivity index is 3.29. The molecular formula is C6H12O. The van der Waals surface area contributed by atoms with E-state index in [-0.39, 0.29) is 6.61 Å². The molecule has 1 heteroatoms. The fraction of sp³-hybridized carbons (Fsp3) is 0.667. The summed E-state index contributed by atoms with van der Waals surface area (Å²) in [5.41, 5.74) is 1.06. The van der Waals surface area contributed by atoms with Crippen molar-refractivity contribution in [1.29, 1.82) is 0 Å². The molecule has 0 rings (SSSR count). The smallest absolute Gasteiger partial charge is 0.0639 e. The maximum absolute atomic E-state index is 8.40. The van der Waals surface area contributed by atoms with Gasteiger partial charge in [0.15, 0.2) is 0 Å². The minimum absolute atomic E-state index is 0.202. The van der Waals surface area contributed by atoms with Crippen molar-refractivity contribution in [2.75, 3.05) is 6.61 Å². The van der Waals surface area contributed by atoms with E-state index in [4.69, 9.17) is 5.11 Å². The predicted octanol–water partition coefficient (Wildman–Crippen LogP) is 1.33. The number of rotatable bonds is 2. The standard InChI is InChI=1S/C6H12O/c1-3-4-6(2)5-7/h4,7H,3,5H2,1-2H3/b6-4+. The van der Waals surface area contributed by atoms with Gasteiger partial charge in [-0.05, 0) is 13.3 Å². The van der Waals surface area contributed by atoms with E-state index in [2.05, 4.69) is 6.92 Å². The molecule has 0 aromatic carbocycles. The molecule has 0 aliphatic rings. The van der Waals surface area contributed by atoms with Crippen LogP contribution < -0.4 is 0 Å². The van der Waals surface area contributed by atoms with E-state index in [9.17, 15) is 0 Å². The van der Waals surface area contributed by atoms with E-state index in [0.29, 0.717) is 0 Å². The summed E-state index contributed by atoms with van der Waals surface area (Å²) in [7, 11) is 0. The molecule has 0 aromatic heterocycles. The Morgan fingerprint density at radius 1 is 1.71 bits per heavy atom.